The van der Waals surface area contributed by atoms with E-state index in [9.17, 15) is 0 Å². The van der Waals surface area contributed by atoms with Gasteiger partial charge in [0, 0.05) is 19.3 Å². The summed E-state index contributed by atoms with van der Waals surface area (Å²) in [5.41, 5.74) is 1.09. The molecule has 0 N–H and O–H groups in total. The van der Waals surface area contributed by atoms with E-state index in [1.165, 1.54) is 0 Å². The predicted octanol–water partition coefficient (Wildman–Crippen LogP) is 1.78. The largest absolute Gasteiger partial charge is 0.336 e. The Hall–Kier alpha value is -0.830. The quantitative estimate of drug-likeness (QED) is 0.712. The van der Waals surface area contributed by atoms with Gasteiger partial charge in [-0.3, -0.25) is 0 Å². The van der Waals surface area contributed by atoms with Gasteiger partial charge in [0.2, 0.25) is 0 Å². The smallest absolute Gasteiger partial charge is 0.0949 e. The monoisotopic (exact) mass is 183 g/mol. The number of imidazole rings is 1. The first-order valence-corrected chi connectivity index (χ1v) is 4.81. The van der Waals surface area contributed by atoms with Gasteiger partial charge in [-0.25, -0.2) is 4.98 Å². The van der Waals surface area contributed by atoms with Crippen LogP contribution in [-0.4, -0.2) is 35.1 Å². The number of hydrogen-bond donors (Lipinski definition) is 0. The Balaban J connectivity index is 0.000000671. The molecule has 1 heterocycles. The minimum Gasteiger partial charge on any atom is -0.336 e. The van der Waals surface area contributed by atoms with Gasteiger partial charge in [0.1, 0.15) is 0 Å². The first kappa shape index (κ1) is 12.2. The van der Waals surface area contributed by atoms with Crippen LogP contribution in [0.2, 0.25) is 0 Å². The third-order valence-electron chi connectivity index (χ3n) is 1.57. The van der Waals surface area contributed by atoms with Crippen molar-refractivity contribution in [2.75, 3.05) is 20.6 Å². The topological polar surface area (TPSA) is 21.1 Å². The number of hydrogen-bond acceptors (Lipinski definition) is 2. The molecule has 0 fully saturated rings. The Labute approximate surface area is 81.4 Å². The average molecular weight is 183 g/mol. The average Bonchev–Trinajstić information content (AvgIpc) is 2.52. The van der Waals surface area contributed by atoms with Crippen molar-refractivity contribution in [2.24, 2.45) is 0 Å². The zero-order valence-electron chi connectivity index (χ0n) is 9.41. The zero-order valence-corrected chi connectivity index (χ0v) is 9.41. The molecule has 0 unspecified atom stereocenters. The molecule has 0 saturated heterocycles. The summed E-state index contributed by atoms with van der Waals surface area (Å²) in [4.78, 5) is 6.30. The molecule has 0 aliphatic heterocycles. The van der Waals surface area contributed by atoms with E-state index in [4.69, 9.17) is 0 Å². The van der Waals surface area contributed by atoms with Gasteiger partial charge < -0.3 is 9.47 Å². The van der Waals surface area contributed by atoms with Crippen molar-refractivity contribution < 1.29 is 0 Å². The molecule has 1 aromatic rings. The minimum absolute atomic E-state index is 1.02. The molecule has 0 aromatic carbocycles. The highest BCUT2D eigenvalue weighted by molar-refractivity contribution is 4.91. The lowest BCUT2D eigenvalue weighted by Crippen LogP contribution is -2.17. The fourth-order valence-electron chi connectivity index (χ4n) is 0.910. The highest BCUT2D eigenvalue weighted by atomic mass is 15.1. The molecule has 0 aliphatic rings. The summed E-state index contributed by atoms with van der Waals surface area (Å²) in [6, 6.07) is 0. The summed E-state index contributed by atoms with van der Waals surface area (Å²) in [5.74, 6) is 0. The van der Waals surface area contributed by atoms with Gasteiger partial charge in [0.15, 0.2) is 0 Å². The molecular formula is C10H21N3. The first-order valence-electron chi connectivity index (χ1n) is 4.81. The Morgan fingerprint density at radius 3 is 2.38 bits per heavy atom. The van der Waals surface area contributed by atoms with Gasteiger partial charge in [0.25, 0.3) is 0 Å². The summed E-state index contributed by atoms with van der Waals surface area (Å²) in [6.45, 7) is 8.09. The second-order valence-corrected chi connectivity index (χ2v) is 3.06. The van der Waals surface area contributed by atoms with Gasteiger partial charge in [-0.1, -0.05) is 13.8 Å². The molecule has 0 spiro atoms. The summed E-state index contributed by atoms with van der Waals surface area (Å²) in [5, 5.41) is 0. The lowest BCUT2D eigenvalue weighted by Gasteiger charge is -2.08. The fourth-order valence-corrected chi connectivity index (χ4v) is 0.910. The number of aryl methyl sites for hydroxylation is 1. The van der Waals surface area contributed by atoms with Crippen molar-refractivity contribution in [3.8, 4) is 0 Å². The standard InChI is InChI=1S/C8H15N3.C2H6/c1-8-6-11(7-9-8)5-4-10(2)3;1-2/h6-7H,4-5H2,1-3H3;1-2H3. The number of likely N-dealkylation sites (N-methyl/N-ethyl adjacent to an activating group) is 1. The maximum atomic E-state index is 4.14. The van der Waals surface area contributed by atoms with Crippen LogP contribution >= 0.6 is 0 Å². The molecule has 3 nitrogen and oxygen atoms in total. The summed E-state index contributed by atoms with van der Waals surface area (Å²) >= 11 is 0. The molecule has 0 aliphatic carbocycles. The van der Waals surface area contributed by atoms with E-state index in [2.05, 4.69) is 34.7 Å². The fraction of sp³-hybridized carbons (Fsp3) is 0.700. The van der Waals surface area contributed by atoms with Crippen molar-refractivity contribution in [3.05, 3.63) is 18.2 Å². The van der Waals surface area contributed by atoms with E-state index < -0.39 is 0 Å². The maximum absolute atomic E-state index is 4.14. The van der Waals surface area contributed by atoms with Gasteiger partial charge in [-0.05, 0) is 21.0 Å². The van der Waals surface area contributed by atoms with Crippen molar-refractivity contribution in [1.29, 1.82) is 0 Å². The molecule has 3 heteroatoms. The van der Waals surface area contributed by atoms with Crippen LogP contribution in [0, 0.1) is 6.92 Å². The lowest BCUT2D eigenvalue weighted by atomic mass is 10.5. The van der Waals surface area contributed by atoms with E-state index in [1.807, 2.05) is 27.1 Å². The van der Waals surface area contributed by atoms with Crippen LogP contribution in [0.4, 0.5) is 0 Å². The molecule has 1 aromatic heterocycles. The summed E-state index contributed by atoms with van der Waals surface area (Å²) in [6.07, 6.45) is 3.93. The number of rotatable bonds is 3. The van der Waals surface area contributed by atoms with E-state index in [-0.39, 0.29) is 0 Å². The Bertz CT molecular complexity index is 216. The van der Waals surface area contributed by atoms with E-state index >= 15 is 0 Å². The van der Waals surface area contributed by atoms with Crippen LogP contribution in [0.1, 0.15) is 19.5 Å². The first-order chi connectivity index (χ1) is 6.18. The Morgan fingerprint density at radius 2 is 2.00 bits per heavy atom. The van der Waals surface area contributed by atoms with Gasteiger partial charge in [-0.2, -0.15) is 0 Å². The molecule has 0 saturated carbocycles. The molecule has 0 radical (unpaired) electrons. The highest BCUT2D eigenvalue weighted by Crippen LogP contribution is 1.92. The number of nitrogens with zero attached hydrogens (tertiary/aromatic N) is 3. The summed E-state index contributed by atoms with van der Waals surface area (Å²) < 4.78 is 2.11. The van der Waals surface area contributed by atoms with Crippen LogP contribution in [0.15, 0.2) is 12.5 Å². The van der Waals surface area contributed by atoms with E-state index in [0.717, 1.165) is 18.8 Å². The second-order valence-electron chi connectivity index (χ2n) is 3.06. The van der Waals surface area contributed by atoms with Gasteiger partial charge >= 0.3 is 0 Å². The molecule has 1 rings (SSSR count). The molecule has 13 heavy (non-hydrogen) atoms. The molecule has 0 atom stereocenters. The van der Waals surface area contributed by atoms with Crippen LogP contribution in [-0.2, 0) is 6.54 Å². The molecule has 76 valence electrons. The van der Waals surface area contributed by atoms with Crippen LogP contribution in [0.5, 0.6) is 0 Å². The van der Waals surface area contributed by atoms with Crippen LogP contribution in [0.25, 0.3) is 0 Å². The number of aromatic nitrogens is 2. The summed E-state index contributed by atoms with van der Waals surface area (Å²) in [7, 11) is 4.15. The van der Waals surface area contributed by atoms with Crippen LogP contribution in [0.3, 0.4) is 0 Å². The van der Waals surface area contributed by atoms with Crippen molar-refractivity contribution in [3.63, 3.8) is 0 Å². The zero-order chi connectivity index (χ0) is 10.3. The maximum Gasteiger partial charge on any atom is 0.0949 e. The van der Waals surface area contributed by atoms with E-state index in [1.54, 1.807) is 0 Å². The van der Waals surface area contributed by atoms with Crippen molar-refractivity contribution in [2.45, 2.75) is 27.3 Å². The second kappa shape index (κ2) is 6.66. The predicted molar refractivity (Wildman–Crippen MR) is 56.9 cm³/mol. The van der Waals surface area contributed by atoms with Crippen molar-refractivity contribution >= 4 is 0 Å². The third kappa shape index (κ3) is 5.42. The molecule has 0 bridgehead atoms. The third-order valence-corrected chi connectivity index (χ3v) is 1.57. The normalized spacial score (nSPS) is 9.69. The molecular weight excluding hydrogens is 162 g/mol. The highest BCUT2D eigenvalue weighted by Gasteiger charge is 1.93. The minimum atomic E-state index is 1.02. The molecule has 0 amide bonds. The van der Waals surface area contributed by atoms with E-state index in [0.29, 0.717) is 0 Å². The Kier molecular flexibility index (Phi) is 6.24. The van der Waals surface area contributed by atoms with Crippen LogP contribution < -0.4 is 0 Å². The van der Waals surface area contributed by atoms with Gasteiger partial charge in [-0.15, -0.1) is 0 Å². The SMILES string of the molecule is CC.Cc1cn(CCN(C)C)cn1. The van der Waals surface area contributed by atoms with Crippen molar-refractivity contribution in [1.82, 2.24) is 14.5 Å². The van der Waals surface area contributed by atoms with Gasteiger partial charge in [0.05, 0.1) is 12.0 Å². The Morgan fingerprint density at radius 1 is 1.38 bits per heavy atom. The lowest BCUT2D eigenvalue weighted by molar-refractivity contribution is 0.384.